The summed E-state index contributed by atoms with van der Waals surface area (Å²) in [4.78, 5) is 33.3. The van der Waals surface area contributed by atoms with Crippen LogP contribution in [0.4, 0.5) is 5.69 Å². The Kier molecular flexibility index (Phi) is 8.34. The van der Waals surface area contributed by atoms with E-state index in [0.717, 1.165) is 19.3 Å². The zero-order chi connectivity index (χ0) is 17.1. The molecule has 0 unspecified atom stereocenters. The number of esters is 2. The summed E-state index contributed by atoms with van der Waals surface area (Å²) >= 11 is 0. The topological polar surface area (TPSA) is 95.7 Å². The molecule has 0 heterocycles. The van der Waals surface area contributed by atoms with Gasteiger partial charge in [-0.1, -0.05) is 31.9 Å². The second-order valence-corrected chi connectivity index (χ2v) is 4.97. The van der Waals surface area contributed by atoms with Crippen molar-refractivity contribution >= 4 is 17.6 Å². The Morgan fingerprint density at radius 3 is 2.39 bits per heavy atom. The summed E-state index contributed by atoms with van der Waals surface area (Å²) in [6, 6.07) is 6.03. The van der Waals surface area contributed by atoms with Crippen molar-refractivity contribution < 1.29 is 24.0 Å². The molecule has 0 radical (unpaired) electrons. The molecule has 0 saturated heterocycles. The average molecular weight is 323 g/mol. The SMILES string of the molecule is CCCCCOC(=O)CCC(=O)OCc1ccccc1[N+](=O)[O-]. The fraction of sp³-hybridized carbons (Fsp3) is 0.500. The van der Waals surface area contributed by atoms with Crippen molar-refractivity contribution in [3.05, 3.63) is 39.9 Å². The minimum absolute atomic E-state index is 0.0537. The van der Waals surface area contributed by atoms with Crippen molar-refractivity contribution in [3.8, 4) is 0 Å². The maximum Gasteiger partial charge on any atom is 0.306 e. The van der Waals surface area contributed by atoms with Gasteiger partial charge in [-0.25, -0.2) is 0 Å². The van der Waals surface area contributed by atoms with E-state index >= 15 is 0 Å². The first kappa shape index (κ1) is 18.6. The zero-order valence-electron chi connectivity index (χ0n) is 13.2. The molecule has 0 aliphatic carbocycles. The molecule has 0 amide bonds. The standard InChI is InChI=1S/C16H21NO6/c1-2-3-6-11-22-15(18)9-10-16(19)23-12-13-7-4-5-8-14(13)17(20)21/h4-5,7-8H,2-3,6,9-12H2,1H3. The van der Waals surface area contributed by atoms with Crippen molar-refractivity contribution in [1.82, 2.24) is 0 Å². The number of benzene rings is 1. The summed E-state index contributed by atoms with van der Waals surface area (Å²) in [6.07, 6.45) is 2.68. The lowest BCUT2D eigenvalue weighted by Crippen LogP contribution is -2.11. The van der Waals surface area contributed by atoms with E-state index in [9.17, 15) is 19.7 Å². The van der Waals surface area contributed by atoms with Gasteiger partial charge >= 0.3 is 11.9 Å². The molecule has 0 N–H and O–H groups in total. The first-order valence-corrected chi connectivity index (χ1v) is 7.58. The lowest BCUT2D eigenvalue weighted by Gasteiger charge is -2.06. The van der Waals surface area contributed by atoms with E-state index in [1.54, 1.807) is 6.07 Å². The fourth-order valence-corrected chi connectivity index (χ4v) is 1.86. The van der Waals surface area contributed by atoms with Gasteiger partial charge in [-0.3, -0.25) is 19.7 Å². The molecular weight excluding hydrogens is 302 g/mol. The molecular formula is C16H21NO6. The van der Waals surface area contributed by atoms with E-state index in [1.807, 2.05) is 0 Å². The number of ether oxygens (including phenoxy) is 2. The maximum absolute atomic E-state index is 11.6. The predicted molar refractivity (Wildman–Crippen MR) is 82.6 cm³/mol. The van der Waals surface area contributed by atoms with Gasteiger partial charge in [0.05, 0.1) is 29.9 Å². The van der Waals surface area contributed by atoms with Gasteiger partial charge in [-0.05, 0) is 12.5 Å². The number of carbonyl (C=O) groups excluding carboxylic acids is 2. The second kappa shape index (κ2) is 10.3. The molecule has 7 nitrogen and oxygen atoms in total. The number of hydrogen-bond donors (Lipinski definition) is 0. The molecule has 0 aliphatic rings. The number of nitro groups is 1. The normalized spacial score (nSPS) is 10.1. The minimum atomic E-state index is -0.589. The molecule has 1 aromatic carbocycles. The highest BCUT2D eigenvalue weighted by Crippen LogP contribution is 2.18. The van der Waals surface area contributed by atoms with E-state index in [1.165, 1.54) is 18.2 Å². The molecule has 0 fully saturated rings. The van der Waals surface area contributed by atoms with Crippen LogP contribution in [0.25, 0.3) is 0 Å². The maximum atomic E-state index is 11.6. The molecule has 0 aromatic heterocycles. The van der Waals surface area contributed by atoms with E-state index in [4.69, 9.17) is 9.47 Å². The summed E-state index contributed by atoms with van der Waals surface area (Å²) in [5, 5.41) is 10.8. The van der Waals surface area contributed by atoms with Crippen LogP contribution in [-0.4, -0.2) is 23.5 Å². The predicted octanol–water partition coefficient (Wildman–Crippen LogP) is 3.15. The summed E-state index contributed by atoms with van der Waals surface area (Å²) in [7, 11) is 0. The highest BCUT2D eigenvalue weighted by Gasteiger charge is 2.15. The Balaban J connectivity index is 2.30. The molecule has 23 heavy (non-hydrogen) atoms. The van der Waals surface area contributed by atoms with Crippen molar-refractivity contribution in [3.63, 3.8) is 0 Å². The van der Waals surface area contributed by atoms with Gasteiger partial charge in [0.1, 0.15) is 6.61 Å². The Morgan fingerprint density at radius 1 is 1.09 bits per heavy atom. The van der Waals surface area contributed by atoms with Crippen molar-refractivity contribution in [2.45, 2.75) is 45.6 Å². The Labute approximate surface area is 134 Å². The lowest BCUT2D eigenvalue weighted by atomic mass is 10.2. The molecule has 7 heteroatoms. The molecule has 0 bridgehead atoms. The summed E-state index contributed by atoms with van der Waals surface area (Å²) in [5.74, 6) is -1.03. The number of unbranched alkanes of at least 4 members (excludes halogenated alkanes) is 2. The first-order valence-electron chi connectivity index (χ1n) is 7.58. The molecule has 1 rings (SSSR count). The molecule has 0 saturated carbocycles. The van der Waals surface area contributed by atoms with Crippen LogP contribution in [0.15, 0.2) is 24.3 Å². The highest BCUT2D eigenvalue weighted by molar-refractivity contribution is 5.77. The van der Waals surface area contributed by atoms with Crippen molar-refractivity contribution in [2.75, 3.05) is 6.61 Å². The number of rotatable bonds is 10. The summed E-state index contributed by atoms with van der Waals surface area (Å²) in [5.41, 5.74) is 0.212. The van der Waals surface area contributed by atoms with Gasteiger partial charge in [0.2, 0.25) is 0 Å². The van der Waals surface area contributed by atoms with Crippen LogP contribution in [0.1, 0.15) is 44.6 Å². The van der Waals surface area contributed by atoms with Gasteiger partial charge < -0.3 is 9.47 Å². The van der Waals surface area contributed by atoms with Gasteiger partial charge in [-0.15, -0.1) is 0 Å². The molecule has 0 spiro atoms. The number of hydrogen-bond acceptors (Lipinski definition) is 6. The lowest BCUT2D eigenvalue weighted by molar-refractivity contribution is -0.385. The monoisotopic (exact) mass is 323 g/mol. The van der Waals surface area contributed by atoms with Crippen LogP contribution in [0, 0.1) is 10.1 Å². The van der Waals surface area contributed by atoms with E-state index in [2.05, 4.69) is 6.92 Å². The van der Waals surface area contributed by atoms with Gasteiger partial charge in [-0.2, -0.15) is 0 Å². The third-order valence-corrected chi connectivity index (χ3v) is 3.12. The van der Waals surface area contributed by atoms with E-state index in [-0.39, 0.29) is 25.1 Å². The third kappa shape index (κ3) is 7.39. The van der Waals surface area contributed by atoms with E-state index in [0.29, 0.717) is 12.2 Å². The zero-order valence-corrected chi connectivity index (χ0v) is 13.2. The van der Waals surface area contributed by atoms with Gasteiger partial charge in [0, 0.05) is 6.07 Å². The number of para-hydroxylation sites is 1. The smallest absolute Gasteiger partial charge is 0.306 e. The summed E-state index contributed by atoms with van der Waals surface area (Å²) < 4.78 is 9.93. The quantitative estimate of drug-likeness (QED) is 0.284. The van der Waals surface area contributed by atoms with Crippen molar-refractivity contribution in [1.29, 1.82) is 0 Å². The Morgan fingerprint density at radius 2 is 1.74 bits per heavy atom. The molecule has 1 aromatic rings. The number of nitro benzene ring substituents is 1. The molecule has 0 atom stereocenters. The Bertz CT molecular complexity index is 543. The Hall–Kier alpha value is -2.44. The molecule has 0 aliphatic heterocycles. The average Bonchev–Trinajstić information content (AvgIpc) is 2.55. The minimum Gasteiger partial charge on any atom is -0.466 e. The largest absolute Gasteiger partial charge is 0.466 e. The van der Waals surface area contributed by atoms with Gasteiger partial charge in [0.15, 0.2) is 0 Å². The van der Waals surface area contributed by atoms with Gasteiger partial charge in [0.25, 0.3) is 5.69 Å². The molecule has 126 valence electrons. The van der Waals surface area contributed by atoms with Crippen LogP contribution in [0.2, 0.25) is 0 Å². The number of carbonyl (C=O) groups is 2. The highest BCUT2D eigenvalue weighted by atomic mass is 16.6. The van der Waals surface area contributed by atoms with Crippen LogP contribution in [0.5, 0.6) is 0 Å². The van der Waals surface area contributed by atoms with E-state index < -0.39 is 16.9 Å². The van der Waals surface area contributed by atoms with Crippen LogP contribution in [-0.2, 0) is 25.7 Å². The third-order valence-electron chi connectivity index (χ3n) is 3.12. The fourth-order valence-electron chi connectivity index (χ4n) is 1.86. The van der Waals surface area contributed by atoms with Crippen LogP contribution >= 0.6 is 0 Å². The first-order chi connectivity index (χ1) is 11.0. The van der Waals surface area contributed by atoms with Crippen LogP contribution in [0.3, 0.4) is 0 Å². The second-order valence-electron chi connectivity index (χ2n) is 4.97. The summed E-state index contributed by atoms with van der Waals surface area (Å²) in [6.45, 7) is 2.22. The number of nitrogens with zero attached hydrogens (tertiary/aromatic N) is 1. The van der Waals surface area contributed by atoms with Crippen molar-refractivity contribution in [2.24, 2.45) is 0 Å². The van der Waals surface area contributed by atoms with Crippen LogP contribution < -0.4 is 0 Å².